The Bertz CT molecular complexity index is 1230. The largest absolute Gasteiger partial charge is 0.504 e. The molecule has 2 aliphatic rings. The maximum atomic E-state index is 14.1. The summed E-state index contributed by atoms with van der Waals surface area (Å²) in [6.45, 7) is 4.94. The number of aromatic nitrogens is 2. The van der Waals surface area contributed by atoms with Crippen LogP contribution in [-0.2, 0) is 4.74 Å². The zero-order valence-corrected chi connectivity index (χ0v) is 20.5. The third kappa shape index (κ3) is 5.06. The molecule has 9 nitrogen and oxygen atoms in total. The van der Waals surface area contributed by atoms with Gasteiger partial charge in [0.2, 0.25) is 0 Å². The standard InChI is InChI=1S/C25H30FN5O4/c1-17(16-34-4)23(32)31-8-5-19(14-21(31)27-3)30-11-12-35-20-13-18(15-28-22(20)30)24(33)29-9-6-25(2,26)7-10-29/h5,8,13-16H,6-7,9-12H2,1-4H3/b17-16-,27-21?. The number of carbonyl (C=O) groups is 2. The minimum absolute atomic E-state index is 0.178. The van der Waals surface area contributed by atoms with Gasteiger partial charge in [-0.2, -0.15) is 0 Å². The Labute approximate surface area is 203 Å². The molecule has 10 heteroatoms. The van der Waals surface area contributed by atoms with Crippen molar-refractivity contribution in [3.8, 4) is 5.75 Å². The first-order valence-electron chi connectivity index (χ1n) is 11.5. The highest BCUT2D eigenvalue weighted by Gasteiger charge is 2.32. The number of hydrogen-bond donors (Lipinski definition) is 0. The van der Waals surface area contributed by atoms with E-state index < -0.39 is 5.67 Å². The summed E-state index contributed by atoms with van der Waals surface area (Å²) in [5.41, 5.74) is 0.887. The molecule has 4 rings (SSSR count). The Hall–Kier alpha value is -3.69. The third-order valence-corrected chi connectivity index (χ3v) is 6.31. The lowest BCUT2D eigenvalue weighted by molar-refractivity contribution is 0.0503. The van der Waals surface area contributed by atoms with E-state index >= 15 is 0 Å². The highest BCUT2D eigenvalue weighted by molar-refractivity contribution is 5.95. The van der Waals surface area contributed by atoms with E-state index in [0.717, 1.165) is 5.69 Å². The predicted molar refractivity (Wildman–Crippen MR) is 129 cm³/mol. The Morgan fingerprint density at radius 1 is 1.26 bits per heavy atom. The molecule has 0 unspecified atom stereocenters. The maximum absolute atomic E-state index is 14.1. The lowest BCUT2D eigenvalue weighted by Crippen LogP contribution is -2.43. The molecular formula is C25H30FN5O4. The van der Waals surface area contributed by atoms with Gasteiger partial charge in [-0.25, -0.2) is 9.37 Å². The fourth-order valence-electron chi connectivity index (χ4n) is 4.23. The van der Waals surface area contributed by atoms with Crippen LogP contribution in [0.25, 0.3) is 0 Å². The molecular weight excluding hydrogens is 453 g/mol. The summed E-state index contributed by atoms with van der Waals surface area (Å²) >= 11 is 0. The predicted octanol–water partition coefficient (Wildman–Crippen LogP) is 3.10. The number of nitrogens with zero attached hydrogens (tertiary/aromatic N) is 5. The number of halogens is 1. The van der Waals surface area contributed by atoms with Gasteiger partial charge in [-0.05, 0) is 38.8 Å². The van der Waals surface area contributed by atoms with Gasteiger partial charge in [0, 0.05) is 49.9 Å². The van der Waals surface area contributed by atoms with Crippen LogP contribution in [0, 0.1) is 0 Å². The summed E-state index contributed by atoms with van der Waals surface area (Å²) in [5.74, 6) is 0.649. The number of alkyl halides is 1. The normalized spacial score (nSPS) is 18.1. The molecule has 0 aromatic carbocycles. The third-order valence-electron chi connectivity index (χ3n) is 6.31. The molecule has 1 saturated heterocycles. The van der Waals surface area contributed by atoms with Crippen molar-refractivity contribution in [2.24, 2.45) is 4.99 Å². The molecule has 2 aromatic rings. The molecule has 0 spiro atoms. The molecule has 186 valence electrons. The highest BCUT2D eigenvalue weighted by Crippen LogP contribution is 2.35. The number of ether oxygens (including phenoxy) is 2. The van der Waals surface area contributed by atoms with Gasteiger partial charge in [0.1, 0.15) is 17.8 Å². The summed E-state index contributed by atoms with van der Waals surface area (Å²) in [7, 11) is 3.11. The van der Waals surface area contributed by atoms with Gasteiger partial charge in [0.05, 0.1) is 25.5 Å². The summed E-state index contributed by atoms with van der Waals surface area (Å²) in [5, 5.41) is 0. The summed E-state index contributed by atoms with van der Waals surface area (Å²) in [6.07, 6.45) is 5.23. The second-order valence-electron chi connectivity index (χ2n) is 8.93. The van der Waals surface area contributed by atoms with Crippen molar-refractivity contribution in [1.29, 1.82) is 0 Å². The topological polar surface area (TPSA) is 89.3 Å². The minimum atomic E-state index is -1.23. The lowest BCUT2D eigenvalue weighted by Gasteiger charge is -2.34. The van der Waals surface area contributed by atoms with E-state index in [1.165, 1.54) is 24.1 Å². The Morgan fingerprint density at radius 2 is 2.00 bits per heavy atom. The summed E-state index contributed by atoms with van der Waals surface area (Å²) < 4.78 is 26.4. The van der Waals surface area contributed by atoms with Crippen molar-refractivity contribution in [1.82, 2.24) is 14.5 Å². The Kier molecular flexibility index (Phi) is 6.90. The molecule has 0 saturated carbocycles. The molecule has 0 aliphatic carbocycles. The van der Waals surface area contributed by atoms with Crippen LogP contribution in [0.5, 0.6) is 5.75 Å². The quantitative estimate of drug-likeness (QED) is 0.491. The first-order valence-corrected chi connectivity index (χ1v) is 11.5. The molecule has 35 heavy (non-hydrogen) atoms. The first kappa shape index (κ1) is 24.4. The molecule has 2 aliphatic heterocycles. The molecule has 4 heterocycles. The smallest absolute Gasteiger partial charge is 0.262 e. The second-order valence-corrected chi connectivity index (χ2v) is 8.93. The number of allylic oxidation sites excluding steroid dienone is 1. The number of fused-ring (bicyclic) bond motifs is 1. The van der Waals surface area contributed by atoms with E-state index in [0.29, 0.717) is 67.3 Å². The van der Waals surface area contributed by atoms with E-state index in [-0.39, 0.29) is 11.8 Å². The van der Waals surface area contributed by atoms with E-state index in [2.05, 4.69) is 9.98 Å². The number of methoxy groups -OCH3 is 1. The number of likely N-dealkylation sites (tertiary alicyclic amines) is 1. The molecule has 1 fully saturated rings. The van der Waals surface area contributed by atoms with Gasteiger partial charge in [0.15, 0.2) is 11.6 Å². The average molecular weight is 484 g/mol. The Balaban J connectivity index is 1.60. The van der Waals surface area contributed by atoms with Crippen LogP contribution in [-0.4, -0.2) is 72.3 Å². The Morgan fingerprint density at radius 3 is 2.69 bits per heavy atom. The number of pyridine rings is 2. The van der Waals surface area contributed by atoms with E-state index in [1.54, 1.807) is 44.1 Å². The molecule has 0 atom stereocenters. The monoisotopic (exact) mass is 483 g/mol. The minimum Gasteiger partial charge on any atom is -0.504 e. The molecule has 2 aromatic heterocycles. The van der Waals surface area contributed by atoms with Crippen molar-refractivity contribution in [3.63, 3.8) is 0 Å². The van der Waals surface area contributed by atoms with Crippen LogP contribution in [0.15, 0.2) is 47.4 Å². The number of piperidine rings is 1. The fraction of sp³-hybridized carbons (Fsp3) is 0.440. The fourth-order valence-corrected chi connectivity index (χ4v) is 4.23. The van der Waals surface area contributed by atoms with Crippen LogP contribution in [0.3, 0.4) is 0 Å². The van der Waals surface area contributed by atoms with Crippen molar-refractivity contribution in [2.75, 3.05) is 45.3 Å². The highest BCUT2D eigenvalue weighted by atomic mass is 19.1. The van der Waals surface area contributed by atoms with Crippen LogP contribution in [0.4, 0.5) is 15.9 Å². The van der Waals surface area contributed by atoms with Gasteiger partial charge in [-0.1, -0.05) is 0 Å². The number of rotatable bonds is 4. The number of hydrogen-bond acceptors (Lipinski definition) is 7. The van der Waals surface area contributed by atoms with Crippen LogP contribution in [0.1, 0.15) is 41.8 Å². The zero-order valence-electron chi connectivity index (χ0n) is 20.5. The molecule has 1 amide bonds. The average Bonchev–Trinajstić information content (AvgIpc) is 2.87. The van der Waals surface area contributed by atoms with Crippen molar-refractivity contribution < 1.29 is 23.5 Å². The second kappa shape index (κ2) is 9.89. The summed E-state index contributed by atoms with van der Waals surface area (Å²) in [6, 6.07) is 5.30. The van der Waals surface area contributed by atoms with E-state index in [4.69, 9.17) is 9.47 Å². The number of carbonyl (C=O) groups excluding carboxylic acids is 2. The van der Waals surface area contributed by atoms with Gasteiger partial charge in [-0.15, -0.1) is 0 Å². The van der Waals surface area contributed by atoms with Crippen molar-refractivity contribution in [3.05, 3.63) is 53.5 Å². The first-order chi connectivity index (χ1) is 16.7. The van der Waals surface area contributed by atoms with Crippen LogP contribution >= 0.6 is 0 Å². The molecule has 0 N–H and O–H groups in total. The molecule has 0 bridgehead atoms. The molecule has 0 radical (unpaired) electrons. The van der Waals surface area contributed by atoms with Crippen LogP contribution < -0.4 is 15.1 Å². The van der Waals surface area contributed by atoms with Crippen molar-refractivity contribution in [2.45, 2.75) is 32.4 Å². The van der Waals surface area contributed by atoms with Gasteiger partial charge in [0.25, 0.3) is 11.8 Å². The number of amides is 1. The summed E-state index contributed by atoms with van der Waals surface area (Å²) in [4.78, 5) is 38.1. The van der Waals surface area contributed by atoms with E-state index in [1.807, 2.05) is 11.0 Å². The van der Waals surface area contributed by atoms with Gasteiger partial charge >= 0.3 is 0 Å². The van der Waals surface area contributed by atoms with Crippen LogP contribution in [0.2, 0.25) is 0 Å². The zero-order chi connectivity index (χ0) is 25.2. The SMILES string of the molecule is CN=c1cc(N2CCOc3cc(C(=O)N4CCC(C)(F)CC4)cnc32)ccn1C(=O)/C(C)=C\OC. The maximum Gasteiger partial charge on any atom is 0.262 e. The van der Waals surface area contributed by atoms with Gasteiger partial charge < -0.3 is 19.3 Å². The van der Waals surface area contributed by atoms with E-state index in [9.17, 15) is 14.0 Å². The number of anilines is 2. The lowest BCUT2D eigenvalue weighted by atomic mass is 9.95. The van der Waals surface area contributed by atoms with Gasteiger partial charge in [-0.3, -0.25) is 19.1 Å². The van der Waals surface area contributed by atoms with Crippen molar-refractivity contribution >= 4 is 23.3 Å².